The van der Waals surface area contributed by atoms with Crippen LogP contribution in [0.1, 0.15) is 16.7 Å². The predicted molar refractivity (Wildman–Crippen MR) is 283 cm³/mol. The minimum Gasteiger partial charge on any atom is -0.311 e. The first kappa shape index (κ1) is 42.3. The number of hydrogen-bond acceptors (Lipinski definition) is 6. The second-order valence-electron chi connectivity index (χ2n) is 16.7. The molecular weight excluding hydrogens is 857 g/mol. The highest BCUT2D eigenvalue weighted by molar-refractivity contribution is 6.12. The van der Waals surface area contributed by atoms with Crippen LogP contribution in [0.15, 0.2) is 231 Å². The molecule has 70 heavy (non-hydrogen) atoms. The van der Waals surface area contributed by atoms with Crippen LogP contribution in [0.4, 0.5) is 56.9 Å². The molecule has 10 aromatic carbocycles. The van der Waals surface area contributed by atoms with Gasteiger partial charge in [0, 0.05) is 67.3 Å². The van der Waals surface area contributed by atoms with Gasteiger partial charge in [-0.2, -0.15) is 15.8 Å². The van der Waals surface area contributed by atoms with E-state index in [-0.39, 0.29) is 0 Å². The van der Waals surface area contributed by atoms with E-state index in [9.17, 15) is 15.8 Å². The van der Waals surface area contributed by atoms with Crippen LogP contribution in [0.2, 0.25) is 0 Å². The van der Waals surface area contributed by atoms with Crippen molar-refractivity contribution in [1.82, 2.24) is 4.57 Å². The quantitative estimate of drug-likeness (QED) is 0.127. The third kappa shape index (κ3) is 7.73. The van der Waals surface area contributed by atoms with Crippen molar-refractivity contribution >= 4 is 89.5 Å². The molecule has 0 aliphatic carbocycles. The highest BCUT2D eigenvalue weighted by Crippen LogP contribution is 2.44. The molecule has 326 valence electrons. The normalized spacial score (nSPS) is 10.8. The number of rotatable bonds is 10. The number of fused-ring (bicyclic) bond motifs is 4. The van der Waals surface area contributed by atoms with Gasteiger partial charge in [0.15, 0.2) is 5.69 Å². The number of nitriles is 3. The Morgan fingerprint density at radius 3 is 1.24 bits per heavy atom. The number of benzene rings is 10. The first-order valence-electron chi connectivity index (χ1n) is 22.6. The van der Waals surface area contributed by atoms with E-state index in [4.69, 9.17) is 6.57 Å². The molecule has 0 atom stereocenters. The molecule has 0 amide bonds. The Bertz CT molecular complexity index is 3610. The zero-order chi connectivity index (χ0) is 47.6. The monoisotopic (exact) mass is 894 g/mol. The molecule has 1 heterocycles. The van der Waals surface area contributed by atoms with Gasteiger partial charge in [0.25, 0.3) is 0 Å². The van der Waals surface area contributed by atoms with Gasteiger partial charge in [0.2, 0.25) is 0 Å². The lowest BCUT2D eigenvalue weighted by Gasteiger charge is -2.27. The number of nitrogens with zero attached hydrogens (tertiary/aromatic N) is 8. The molecule has 0 spiro atoms. The van der Waals surface area contributed by atoms with Crippen molar-refractivity contribution in [3.63, 3.8) is 0 Å². The lowest BCUT2D eigenvalue weighted by molar-refractivity contribution is 1.17. The van der Waals surface area contributed by atoms with Crippen LogP contribution in [-0.2, 0) is 0 Å². The summed E-state index contributed by atoms with van der Waals surface area (Å²) in [7, 11) is 0. The van der Waals surface area contributed by atoms with Gasteiger partial charge in [-0.05, 0) is 169 Å². The summed E-state index contributed by atoms with van der Waals surface area (Å²) in [6.45, 7) is 7.62. The average molecular weight is 895 g/mol. The molecule has 0 saturated carbocycles. The van der Waals surface area contributed by atoms with E-state index in [0.29, 0.717) is 22.4 Å². The van der Waals surface area contributed by atoms with E-state index < -0.39 is 0 Å². The third-order valence-electron chi connectivity index (χ3n) is 12.6. The Hall–Kier alpha value is -10.4. The van der Waals surface area contributed by atoms with Crippen molar-refractivity contribution < 1.29 is 0 Å². The first-order valence-corrected chi connectivity index (χ1v) is 22.6. The first-order chi connectivity index (χ1) is 34.5. The van der Waals surface area contributed by atoms with Gasteiger partial charge in [0.1, 0.15) is 0 Å². The van der Waals surface area contributed by atoms with Gasteiger partial charge < -0.3 is 19.3 Å². The number of aromatic nitrogens is 1. The number of anilines is 9. The van der Waals surface area contributed by atoms with Crippen LogP contribution in [0.3, 0.4) is 0 Å². The summed E-state index contributed by atoms with van der Waals surface area (Å²) in [6.07, 6.45) is 0. The van der Waals surface area contributed by atoms with Crippen LogP contribution in [0.5, 0.6) is 0 Å². The minimum atomic E-state index is 0.540. The molecule has 0 aliphatic rings. The summed E-state index contributed by atoms with van der Waals surface area (Å²) in [6, 6.07) is 83.8. The van der Waals surface area contributed by atoms with Gasteiger partial charge >= 0.3 is 0 Å². The van der Waals surface area contributed by atoms with Gasteiger partial charge in [-0.3, -0.25) is 0 Å². The average Bonchev–Trinajstić information content (AvgIpc) is 3.75. The topological polar surface area (TPSA) is 90.4 Å². The molecule has 1 aromatic heterocycles. The molecule has 0 aliphatic heterocycles. The fourth-order valence-corrected chi connectivity index (χ4v) is 9.34. The van der Waals surface area contributed by atoms with Crippen LogP contribution >= 0.6 is 0 Å². The van der Waals surface area contributed by atoms with Crippen molar-refractivity contribution in [2.75, 3.05) is 14.7 Å². The highest BCUT2D eigenvalue weighted by Gasteiger charge is 2.22. The van der Waals surface area contributed by atoms with Crippen molar-refractivity contribution in [2.24, 2.45) is 0 Å². The second kappa shape index (κ2) is 18.1. The molecule has 0 radical (unpaired) electrons. The predicted octanol–water partition coefficient (Wildman–Crippen LogP) is 16.5. The van der Waals surface area contributed by atoms with E-state index in [1.54, 1.807) is 0 Å². The minimum absolute atomic E-state index is 0.540. The lowest BCUT2D eigenvalue weighted by atomic mass is 10.1. The Morgan fingerprint density at radius 1 is 0.357 bits per heavy atom. The van der Waals surface area contributed by atoms with Gasteiger partial charge in [0.05, 0.1) is 58.2 Å². The summed E-state index contributed by atoms with van der Waals surface area (Å²) < 4.78 is 2.30. The van der Waals surface area contributed by atoms with Crippen molar-refractivity contribution in [1.29, 1.82) is 15.8 Å². The molecule has 0 unspecified atom stereocenters. The lowest BCUT2D eigenvalue weighted by Crippen LogP contribution is -2.10. The Kier molecular flexibility index (Phi) is 10.9. The van der Waals surface area contributed by atoms with E-state index in [2.05, 4.69) is 170 Å². The SMILES string of the molecule is [C-]#[N+]c1ccc(N(c2ccc(C#N)cc2)c2ccc3c(c2)c2cc(N(c4ccc(C#N)cc4)c4ccc(C#N)cc4)ccc2n3-c2ccc(N(c3ccccc3)c3cccc4ccccc34)cc2)cc1. The Balaban J connectivity index is 1.12. The maximum atomic E-state index is 9.69. The molecule has 11 aromatic rings. The third-order valence-corrected chi connectivity index (χ3v) is 12.6. The number of para-hydroxylation sites is 1. The molecule has 0 saturated heterocycles. The van der Waals surface area contributed by atoms with Crippen LogP contribution in [0.25, 0.3) is 43.1 Å². The van der Waals surface area contributed by atoms with Crippen LogP contribution in [0, 0.1) is 40.6 Å². The smallest absolute Gasteiger partial charge is 0.187 e. The maximum Gasteiger partial charge on any atom is 0.187 e. The number of hydrogen-bond donors (Lipinski definition) is 0. The highest BCUT2D eigenvalue weighted by atomic mass is 15.2. The zero-order valence-corrected chi connectivity index (χ0v) is 37.5. The van der Waals surface area contributed by atoms with Gasteiger partial charge in [-0.1, -0.05) is 66.7 Å². The fourth-order valence-electron chi connectivity index (χ4n) is 9.34. The fraction of sp³-hybridized carbons (Fsp3) is 0. The van der Waals surface area contributed by atoms with Crippen molar-refractivity contribution in [3.8, 4) is 23.9 Å². The van der Waals surface area contributed by atoms with Gasteiger partial charge in [-0.25, -0.2) is 4.85 Å². The van der Waals surface area contributed by atoms with Crippen molar-refractivity contribution in [2.45, 2.75) is 0 Å². The molecule has 0 bridgehead atoms. The summed E-state index contributed by atoms with van der Waals surface area (Å²) in [5.41, 5.74) is 13.5. The van der Waals surface area contributed by atoms with Crippen molar-refractivity contribution in [3.05, 3.63) is 259 Å². The summed E-state index contributed by atoms with van der Waals surface area (Å²) in [4.78, 5) is 10.2. The van der Waals surface area contributed by atoms with Gasteiger partial charge in [-0.15, -0.1) is 0 Å². The molecule has 0 fully saturated rings. The van der Waals surface area contributed by atoms with Crippen LogP contribution < -0.4 is 14.7 Å². The van der Waals surface area contributed by atoms with E-state index >= 15 is 0 Å². The Labute approximate surface area is 405 Å². The Morgan fingerprint density at radius 2 is 0.757 bits per heavy atom. The second-order valence-corrected chi connectivity index (χ2v) is 16.7. The summed E-state index contributed by atoms with van der Waals surface area (Å²) in [5.74, 6) is 0. The largest absolute Gasteiger partial charge is 0.311 e. The van der Waals surface area contributed by atoms with E-state index in [0.717, 1.165) is 89.5 Å². The van der Waals surface area contributed by atoms with E-state index in [1.165, 1.54) is 0 Å². The van der Waals surface area contributed by atoms with Crippen LogP contribution in [-0.4, -0.2) is 4.57 Å². The molecule has 8 nitrogen and oxygen atoms in total. The molecular formula is C62H38N8. The summed E-state index contributed by atoms with van der Waals surface area (Å²) >= 11 is 0. The molecule has 0 N–H and O–H groups in total. The maximum absolute atomic E-state index is 9.69. The summed E-state index contributed by atoms with van der Waals surface area (Å²) in [5, 5.41) is 33.4. The molecule has 8 heteroatoms. The standard InChI is InChI=1S/C62H38N8/c1-66-47-20-28-52(29-21-47)68(51-26-18-45(42-65)19-27-51)56-35-37-62-59(39-56)58-38-55(67(49-22-14-43(40-63)15-23-49)50-24-16-44(41-64)17-25-50)34-36-61(58)70(62)54-32-30-53(31-33-54)69(48-10-3-2-4-11-48)60-13-7-9-46-8-5-6-12-57(46)60/h2-39H. The zero-order valence-electron chi connectivity index (χ0n) is 37.5. The molecule has 11 rings (SSSR count). The van der Waals surface area contributed by atoms with E-state index in [1.807, 2.05) is 103 Å².